The summed E-state index contributed by atoms with van der Waals surface area (Å²) in [4.78, 5) is 34.2. The van der Waals surface area contributed by atoms with Crippen molar-refractivity contribution >= 4 is 39.1 Å². The Morgan fingerprint density at radius 3 is 2.69 bits per heavy atom. The van der Waals surface area contributed by atoms with Gasteiger partial charge in [0.2, 0.25) is 0 Å². The molecule has 138 valence electrons. The van der Waals surface area contributed by atoms with E-state index in [1.807, 2.05) is 33.8 Å². The van der Waals surface area contributed by atoms with E-state index >= 15 is 0 Å². The summed E-state index contributed by atoms with van der Waals surface area (Å²) >= 11 is 3.02. The van der Waals surface area contributed by atoms with Crippen LogP contribution in [0.1, 0.15) is 44.9 Å². The molecule has 26 heavy (non-hydrogen) atoms. The van der Waals surface area contributed by atoms with Crippen molar-refractivity contribution in [2.75, 3.05) is 5.75 Å². The number of hydrogen-bond donors (Lipinski definition) is 1. The first-order valence-corrected chi connectivity index (χ1v) is 10.6. The monoisotopic (exact) mass is 389 g/mol. The standard InChI is InChI=1S/C19H23N3O2S2/c1-6-22-10(2)7-14(12(22)4)15(23)8-25-9-16-20-18(24)17-11(3)13(5)26-19(17)21-16/h7H,6,8-9H2,1-5H3,(H,20,21,24). The minimum Gasteiger partial charge on any atom is -0.349 e. The maximum Gasteiger partial charge on any atom is 0.259 e. The molecule has 3 heterocycles. The number of nitrogens with zero attached hydrogens (tertiary/aromatic N) is 2. The quantitative estimate of drug-likeness (QED) is 0.643. The van der Waals surface area contributed by atoms with Crippen LogP contribution in [0.25, 0.3) is 10.2 Å². The second-order valence-electron chi connectivity index (χ2n) is 6.42. The van der Waals surface area contributed by atoms with Crippen molar-refractivity contribution < 1.29 is 4.79 Å². The van der Waals surface area contributed by atoms with E-state index in [9.17, 15) is 9.59 Å². The molecule has 0 unspecified atom stereocenters. The van der Waals surface area contributed by atoms with Gasteiger partial charge in [-0.3, -0.25) is 9.59 Å². The van der Waals surface area contributed by atoms with E-state index in [1.165, 1.54) is 11.8 Å². The van der Waals surface area contributed by atoms with Gasteiger partial charge >= 0.3 is 0 Å². The van der Waals surface area contributed by atoms with E-state index in [0.29, 0.717) is 22.7 Å². The van der Waals surface area contributed by atoms with Crippen molar-refractivity contribution in [2.24, 2.45) is 0 Å². The molecule has 3 aromatic heterocycles. The molecule has 0 fully saturated rings. The average Bonchev–Trinajstić information content (AvgIpc) is 3.03. The summed E-state index contributed by atoms with van der Waals surface area (Å²) in [5.74, 6) is 1.63. The van der Waals surface area contributed by atoms with Crippen LogP contribution < -0.4 is 5.56 Å². The highest BCUT2D eigenvalue weighted by Gasteiger charge is 2.16. The molecule has 0 spiro atoms. The minimum atomic E-state index is -0.0923. The van der Waals surface area contributed by atoms with Crippen molar-refractivity contribution in [1.29, 1.82) is 0 Å². The Morgan fingerprint density at radius 2 is 2.04 bits per heavy atom. The molecule has 0 atom stereocenters. The molecule has 0 aromatic carbocycles. The van der Waals surface area contributed by atoms with Gasteiger partial charge in [0, 0.05) is 28.4 Å². The predicted molar refractivity (Wildman–Crippen MR) is 110 cm³/mol. The summed E-state index contributed by atoms with van der Waals surface area (Å²) in [6, 6.07) is 1.96. The van der Waals surface area contributed by atoms with Crippen LogP contribution in [0.2, 0.25) is 0 Å². The van der Waals surface area contributed by atoms with Gasteiger partial charge in [-0.1, -0.05) is 0 Å². The van der Waals surface area contributed by atoms with Gasteiger partial charge in [0.1, 0.15) is 10.7 Å². The number of carbonyl (C=O) groups is 1. The van der Waals surface area contributed by atoms with Gasteiger partial charge in [0.25, 0.3) is 5.56 Å². The number of aryl methyl sites for hydroxylation is 3. The SMILES string of the molecule is CCn1c(C)cc(C(=O)CSCc2nc3sc(C)c(C)c3c(=O)[nH]2)c1C. The molecule has 1 N–H and O–H groups in total. The summed E-state index contributed by atoms with van der Waals surface area (Å²) < 4.78 is 2.15. The lowest BCUT2D eigenvalue weighted by atomic mass is 10.2. The normalized spacial score (nSPS) is 11.4. The molecule has 0 aliphatic rings. The van der Waals surface area contributed by atoms with Crippen LogP contribution in [0, 0.1) is 27.7 Å². The highest BCUT2D eigenvalue weighted by atomic mass is 32.2. The molecule has 0 amide bonds. The molecule has 0 bridgehead atoms. The number of nitrogens with one attached hydrogen (secondary N) is 1. The van der Waals surface area contributed by atoms with E-state index in [-0.39, 0.29) is 11.3 Å². The lowest BCUT2D eigenvalue weighted by molar-refractivity contribution is 0.102. The van der Waals surface area contributed by atoms with Crippen LogP contribution in [0.15, 0.2) is 10.9 Å². The number of hydrogen-bond acceptors (Lipinski definition) is 5. The summed E-state index contributed by atoms with van der Waals surface area (Å²) in [6.45, 7) is 10.9. The van der Waals surface area contributed by atoms with Gasteiger partial charge in [0.05, 0.1) is 16.9 Å². The first-order chi connectivity index (χ1) is 12.3. The van der Waals surface area contributed by atoms with E-state index < -0.39 is 0 Å². The van der Waals surface area contributed by atoms with Crippen LogP contribution in [-0.2, 0) is 12.3 Å². The van der Waals surface area contributed by atoms with Gasteiger partial charge in [-0.05, 0) is 46.2 Å². The molecule has 0 aliphatic carbocycles. The fourth-order valence-electron chi connectivity index (χ4n) is 3.26. The van der Waals surface area contributed by atoms with Crippen molar-refractivity contribution in [1.82, 2.24) is 14.5 Å². The summed E-state index contributed by atoms with van der Waals surface area (Å²) in [7, 11) is 0. The zero-order chi connectivity index (χ0) is 19.0. The molecule has 3 aromatic rings. The third-order valence-electron chi connectivity index (χ3n) is 4.75. The van der Waals surface area contributed by atoms with Crippen molar-refractivity contribution in [3.63, 3.8) is 0 Å². The lowest BCUT2D eigenvalue weighted by Crippen LogP contribution is -2.11. The molecular formula is C19H23N3O2S2. The largest absolute Gasteiger partial charge is 0.349 e. The molecule has 0 saturated heterocycles. The number of Topliss-reactive ketones (excluding diaryl/α,β-unsaturated/α-hetero) is 1. The fourth-order valence-corrected chi connectivity index (χ4v) is 5.08. The second-order valence-corrected chi connectivity index (χ2v) is 8.61. The molecule has 0 aliphatic heterocycles. The second kappa shape index (κ2) is 7.40. The topological polar surface area (TPSA) is 67.8 Å². The van der Waals surface area contributed by atoms with Crippen molar-refractivity contribution in [3.8, 4) is 0 Å². The maximum atomic E-state index is 12.5. The maximum absolute atomic E-state index is 12.5. The van der Waals surface area contributed by atoms with Crippen molar-refractivity contribution in [3.05, 3.63) is 49.6 Å². The van der Waals surface area contributed by atoms with Crippen LogP contribution in [0.3, 0.4) is 0 Å². The number of aromatic nitrogens is 3. The third-order valence-corrected chi connectivity index (χ3v) is 6.80. The molecule has 0 radical (unpaired) electrons. The van der Waals surface area contributed by atoms with Gasteiger partial charge < -0.3 is 9.55 Å². The number of thiophene rings is 1. The average molecular weight is 390 g/mol. The fraction of sp³-hybridized carbons (Fsp3) is 0.421. The summed E-state index contributed by atoms with van der Waals surface area (Å²) in [5.41, 5.74) is 3.83. The molecule has 0 saturated carbocycles. The van der Waals surface area contributed by atoms with E-state index in [2.05, 4.69) is 21.5 Å². The van der Waals surface area contributed by atoms with E-state index in [4.69, 9.17) is 0 Å². The highest BCUT2D eigenvalue weighted by molar-refractivity contribution is 7.99. The molecule has 3 rings (SSSR count). The Kier molecular flexibility index (Phi) is 5.39. The first kappa shape index (κ1) is 18.9. The number of fused-ring (bicyclic) bond motifs is 1. The van der Waals surface area contributed by atoms with Gasteiger partial charge in [-0.2, -0.15) is 0 Å². The van der Waals surface area contributed by atoms with E-state index in [0.717, 1.165) is 38.8 Å². The summed E-state index contributed by atoms with van der Waals surface area (Å²) in [5, 5.41) is 0.685. The Labute approximate surface area is 160 Å². The van der Waals surface area contributed by atoms with Crippen LogP contribution in [-0.4, -0.2) is 26.1 Å². The molecule has 5 nitrogen and oxygen atoms in total. The minimum absolute atomic E-state index is 0.0923. The smallest absolute Gasteiger partial charge is 0.259 e. The number of thioether (sulfide) groups is 1. The number of H-pyrrole nitrogens is 1. The number of ketones is 1. The van der Waals surface area contributed by atoms with Crippen LogP contribution >= 0.6 is 23.1 Å². The molecular weight excluding hydrogens is 366 g/mol. The van der Waals surface area contributed by atoms with Gasteiger partial charge in [-0.25, -0.2) is 4.98 Å². The van der Waals surface area contributed by atoms with Crippen molar-refractivity contribution in [2.45, 2.75) is 46.9 Å². The third kappa shape index (κ3) is 3.38. The summed E-state index contributed by atoms with van der Waals surface area (Å²) in [6.07, 6.45) is 0. The predicted octanol–water partition coefficient (Wildman–Crippen LogP) is 4.16. The first-order valence-electron chi connectivity index (χ1n) is 8.60. The lowest BCUT2D eigenvalue weighted by Gasteiger charge is -2.05. The zero-order valence-corrected chi connectivity index (χ0v) is 17.4. The highest BCUT2D eigenvalue weighted by Crippen LogP contribution is 2.26. The van der Waals surface area contributed by atoms with Crippen LogP contribution in [0.4, 0.5) is 0 Å². The molecule has 7 heteroatoms. The van der Waals surface area contributed by atoms with Gasteiger partial charge in [-0.15, -0.1) is 23.1 Å². The van der Waals surface area contributed by atoms with E-state index in [1.54, 1.807) is 11.3 Å². The zero-order valence-electron chi connectivity index (χ0n) is 15.7. The Bertz CT molecular complexity index is 1040. The Morgan fingerprint density at radius 1 is 1.31 bits per heavy atom. The Balaban J connectivity index is 1.71. The number of aromatic amines is 1. The number of rotatable bonds is 6. The Hall–Kier alpha value is -1.86. The number of carbonyl (C=O) groups excluding carboxylic acids is 1. The van der Waals surface area contributed by atoms with Gasteiger partial charge in [0.15, 0.2) is 5.78 Å². The van der Waals surface area contributed by atoms with Crippen LogP contribution in [0.5, 0.6) is 0 Å².